The SMILES string of the molecule is CC(C)CS(=O)(=O)O.Cc1ccccc1. The van der Waals surface area contributed by atoms with Crippen LogP contribution < -0.4 is 0 Å². The summed E-state index contributed by atoms with van der Waals surface area (Å²) in [6.07, 6.45) is 0. The summed E-state index contributed by atoms with van der Waals surface area (Å²) in [7, 11) is -3.72. The Hall–Kier alpha value is -0.870. The quantitative estimate of drug-likeness (QED) is 0.794. The summed E-state index contributed by atoms with van der Waals surface area (Å²) in [5.74, 6) is -0.141. The summed E-state index contributed by atoms with van der Waals surface area (Å²) in [5.41, 5.74) is 1.32. The van der Waals surface area contributed by atoms with Crippen LogP contribution in [0.2, 0.25) is 0 Å². The van der Waals surface area contributed by atoms with Gasteiger partial charge in [0.1, 0.15) is 0 Å². The summed E-state index contributed by atoms with van der Waals surface area (Å²) in [6.45, 7) is 5.54. The van der Waals surface area contributed by atoms with Crippen LogP contribution in [0.1, 0.15) is 19.4 Å². The first-order chi connectivity index (χ1) is 6.81. The van der Waals surface area contributed by atoms with Gasteiger partial charge in [-0.15, -0.1) is 0 Å². The predicted molar refractivity (Wildman–Crippen MR) is 62.4 cm³/mol. The third-order valence-electron chi connectivity index (χ3n) is 1.48. The zero-order valence-electron chi connectivity index (χ0n) is 9.34. The lowest BCUT2D eigenvalue weighted by molar-refractivity contribution is 0.473. The molecule has 0 amide bonds. The van der Waals surface area contributed by atoms with Crippen molar-refractivity contribution < 1.29 is 13.0 Å². The molecule has 1 N–H and O–H groups in total. The Morgan fingerprint density at radius 3 is 1.80 bits per heavy atom. The molecule has 0 aliphatic carbocycles. The number of aryl methyl sites for hydroxylation is 1. The van der Waals surface area contributed by atoms with Crippen molar-refractivity contribution in [2.45, 2.75) is 20.8 Å². The van der Waals surface area contributed by atoms with E-state index in [0.717, 1.165) is 0 Å². The molecule has 0 fully saturated rings. The van der Waals surface area contributed by atoms with E-state index in [9.17, 15) is 8.42 Å². The van der Waals surface area contributed by atoms with Gasteiger partial charge in [0.25, 0.3) is 10.1 Å². The van der Waals surface area contributed by atoms with Crippen molar-refractivity contribution in [3.63, 3.8) is 0 Å². The first kappa shape index (κ1) is 14.1. The molecule has 15 heavy (non-hydrogen) atoms. The van der Waals surface area contributed by atoms with Crippen molar-refractivity contribution in [3.05, 3.63) is 35.9 Å². The summed E-state index contributed by atoms with van der Waals surface area (Å²) in [5, 5.41) is 0. The average molecular weight is 230 g/mol. The molecule has 0 unspecified atom stereocenters. The molecule has 0 saturated carbocycles. The zero-order chi connectivity index (χ0) is 11.9. The Kier molecular flexibility index (Phi) is 6.20. The van der Waals surface area contributed by atoms with E-state index in [0.29, 0.717) is 0 Å². The molecule has 3 nitrogen and oxygen atoms in total. The summed E-state index contributed by atoms with van der Waals surface area (Å²) in [6, 6.07) is 10.3. The lowest BCUT2D eigenvalue weighted by atomic mass is 10.2. The van der Waals surface area contributed by atoms with Crippen LogP contribution in [0.5, 0.6) is 0 Å². The summed E-state index contributed by atoms with van der Waals surface area (Å²) in [4.78, 5) is 0. The predicted octanol–water partition coefficient (Wildman–Crippen LogP) is 2.53. The van der Waals surface area contributed by atoms with Crippen LogP contribution in [0.25, 0.3) is 0 Å². The van der Waals surface area contributed by atoms with Crippen molar-refractivity contribution in [1.29, 1.82) is 0 Å². The number of hydrogen-bond acceptors (Lipinski definition) is 2. The Labute approximate surface area is 91.9 Å². The van der Waals surface area contributed by atoms with Crippen LogP contribution in [0.4, 0.5) is 0 Å². The molecule has 0 radical (unpaired) electrons. The summed E-state index contributed by atoms with van der Waals surface area (Å²) < 4.78 is 28.2. The second kappa shape index (κ2) is 6.58. The maximum atomic E-state index is 10.00. The second-order valence-corrected chi connectivity index (χ2v) is 5.29. The van der Waals surface area contributed by atoms with Crippen molar-refractivity contribution in [1.82, 2.24) is 0 Å². The number of rotatable bonds is 2. The van der Waals surface area contributed by atoms with Gasteiger partial charge in [0.05, 0.1) is 5.75 Å². The standard InChI is InChI=1S/C7H8.C4H10O3S/c1-7-5-3-2-4-6-7;1-4(2)3-8(5,6)7/h2-6H,1H3;4H,3H2,1-2H3,(H,5,6,7). The van der Waals surface area contributed by atoms with Gasteiger partial charge < -0.3 is 0 Å². The molecule has 0 saturated heterocycles. The van der Waals surface area contributed by atoms with E-state index < -0.39 is 10.1 Å². The lowest BCUT2D eigenvalue weighted by Gasteiger charge is -1.97. The summed E-state index contributed by atoms with van der Waals surface area (Å²) >= 11 is 0. The van der Waals surface area contributed by atoms with Crippen molar-refractivity contribution in [3.8, 4) is 0 Å². The zero-order valence-corrected chi connectivity index (χ0v) is 10.2. The van der Waals surface area contributed by atoms with Gasteiger partial charge in [0.15, 0.2) is 0 Å². The van der Waals surface area contributed by atoms with Crippen LogP contribution >= 0.6 is 0 Å². The van der Waals surface area contributed by atoms with Gasteiger partial charge in [0.2, 0.25) is 0 Å². The van der Waals surface area contributed by atoms with Crippen LogP contribution in [0, 0.1) is 12.8 Å². The van der Waals surface area contributed by atoms with Crippen molar-refractivity contribution >= 4 is 10.1 Å². The number of benzene rings is 1. The molecule has 4 heteroatoms. The highest BCUT2D eigenvalue weighted by molar-refractivity contribution is 7.85. The highest BCUT2D eigenvalue weighted by Crippen LogP contribution is 1.95. The van der Waals surface area contributed by atoms with Gasteiger partial charge in [0, 0.05) is 0 Å². The van der Waals surface area contributed by atoms with E-state index in [1.165, 1.54) is 5.56 Å². The molecule has 0 aliphatic heterocycles. The first-order valence-electron chi connectivity index (χ1n) is 4.78. The Balaban J connectivity index is 0.000000262. The molecule has 0 aliphatic rings. The van der Waals surface area contributed by atoms with Crippen LogP contribution in [0.3, 0.4) is 0 Å². The molecule has 86 valence electrons. The Morgan fingerprint density at radius 2 is 1.67 bits per heavy atom. The first-order valence-corrected chi connectivity index (χ1v) is 6.39. The molecule has 0 heterocycles. The van der Waals surface area contributed by atoms with Gasteiger partial charge in [-0.2, -0.15) is 8.42 Å². The van der Waals surface area contributed by atoms with Gasteiger partial charge in [-0.25, -0.2) is 0 Å². The normalized spacial score (nSPS) is 10.7. The minimum absolute atomic E-state index is 0.00463. The monoisotopic (exact) mass is 230 g/mol. The highest BCUT2D eigenvalue weighted by Gasteiger charge is 2.05. The molecule has 1 rings (SSSR count). The number of hydrogen-bond donors (Lipinski definition) is 1. The Bertz CT molecular complexity index is 355. The van der Waals surface area contributed by atoms with Crippen molar-refractivity contribution in [2.24, 2.45) is 5.92 Å². The van der Waals surface area contributed by atoms with Gasteiger partial charge in [-0.05, 0) is 12.8 Å². The molecule has 0 bridgehead atoms. The van der Waals surface area contributed by atoms with E-state index in [2.05, 4.69) is 19.1 Å². The minimum atomic E-state index is -3.72. The third kappa shape index (κ3) is 11.1. The Morgan fingerprint density at radius 1 is 1.20 bits per heavy atom. The van der Waals surface area contributed by atoms with Gasteiger partial charge in [-0.3, -0.25) is 4.55 Å². The average Bonchev–Trinajstić information content (AvgIpc) is 2.01. The largest absolute Gasteiger partial charge is 0.286 e. The van der Waals surface area contributed by atoms with E-state index in [-0.39, 0.29) is 11.7 Å². The highest BCUT2D eigenvalue weighted by atomic mass is 32.2. The van der Waals surface area contributed by atoms with E-state index >= 15 is 0 Å². The molecular formula is C11H18O3S. The lowest BCUT2D eigenvalue weighted by Crippen LogP contribution is -2.09. The molecular weight excluding hydrogens is 212 g/mol. The second-order valence-electron chi connectivity index (χ2n) is 3.80. The fraction of sp³-hybridized carbons (Fsp3) is 0.455. The molecule has 0 spiro atoms. The van der Waals surface area contributed by atoms with E-state index in [1.54, 1.807) is 13.8 Å². The fourth-order valence-corrected chi connectivity index (χ4v) is 1.80. The fourth-order valence-electron chi connectivity index (χ4n) is 0.956. The van der Waals surface area contributed by atoms with Crippen LogP contribution in [-0.4, -0.2) is 18.7 Å². The maximum absolute atomic E-state index is 10.00. The molecule has 0 aromatic heterocycles. The third-order valence-corrected chi connectivity index (χ3v) is 2.57. The van der Waals surface area contributed by atoms with Gasteiger partial charge in [-0.1, -0.05) is 49.7 Å². The van der Waals surface area contributed by atoms with Crippen LogP contribution in [-0.2, 0) is 10.1 Å². The molecule has 1 aromatic rings. The van der Waals surface area contributed by atoms with Crippen molar-refractivity contribution in [2.75, 3.05) is 5.75 Å². The van der Waals surface area contributed by atoms with E-state index in [1.807, 2.05) is 18.2 Å². The molecule has 0 atom stereocenters. The van der Waals surface area contributed by atoms with Crippen LogP contribution in [0.15, 0.2) is 30.3 Å². The smallest absolute Gasteiger partial charge is 0.265 e. The van der Waals surface area contributed by atoms with E-state index in [4.69, 9.17) is 4.55 Å². The minimum Gasteiger partial charge on any atom is -0.286 e. The maximum Gasteiger partial charge on any atom is 0.265 e. The topological polar surface area (TPSA) is 54.4 Å². The van der Waals surface area contributed by atoms with Gasteiger partial charge >= 0.3 is 0 Å². The molecule has 1 aromatic carbocycles.